The molecule has 1 saturated carbocycles. The van der Waals surface area contributed by atoms with Crippen molar-refractivity contribution < 1.29 is 19.8 Å². The van der Waals surface area contributed by atoms with Gasteiger partial charge in [-0.3, -0.25) is 4.79 Å². The molecular formula is C13H24N2O4. The predicted octanol–water partition coefficient (Wildman–Crippen LogP) is 0.237. The summed E-state index contributed by atoms with van der Waals surface area (Å²) in [5.74, 6) is -1.37. The lowest BCUT2D eigenvalue weighted by Crippen LogP contribution is -2.46. The van der Waals surface area contributed by atoms with E-state index in [-0.39, 0.29) is 18.9 Å². The van der Waals surface area contributed by atoms with Gasteiger partial charge in [0.2, 0.25) is 5.91 Å². The predicted molar refractivity (Wildman–Crippen MR) is 70.5 cm³/mol. The van der Waals surface area contributed by atoms with Crippen LogP contribution in [0.1, 0.15) is 44.9 Å². The van der Waals surface area contributed by atoms with E-state index < -0.39 is 17.5 Å². The first-order valence-corrected chi connectivity index (χ1v) is 6.91. The molecule has 0 aliphatic heterocycles. The fourth-order valence-corrected chi connectivity index (χ4v) is 2.56. The molecule has 0 bridgehead atoms. The highest BCUT2D eigenvalue weighted by atomic mass is 16.4. The Labute approximate surface area is 113 Å². The summed E-state index contributed by atoms with van der Waals surface area (Å²) in [5.41, 5.74) is 5.27. The summed E-state index contributed by atoms with van der Waals surface area (Å²) in [6.45, 7) is 0.481. The SMILES string of the molecule is NCC1(C(=O)NCCC(O)C(=O)O)CCCCCC1. The molecular weight excluding hydrogens is 248 g/mol. The van der Waals surface area contributed by atoms with E-state index in [1.807, 2.05) is 0 Å². The van der Waals surface area contributed by atoms with Crippen LogP contribution in [0.3, 0.4) is 0 Å². The zero-order valence-corrected chi connectivity index (χ0v) is 11.2. The van der Waals surface area contributed by atoms with E-state index in [1.165, 1.54) is 0 Å². The molecule has 0 aromatic rings. The van der Waals surface area contributed by atoms with E-state index in [0.717, 1.165) is 38.5 Å². The Kier molecular flexibility index (Phi) is 6.24. The van der Waals surface area contributed by atoms with Gasteiger partial charge < -0.3 is 21.3 Å². The normalized spacial score (nSPS) is 20.3. The molecule has 0 spiro atoms. The molecule has 1 rings (SSSR count). The summed E-state index contributed by atoms with van der Waals surface area (Å²) in [6.07, 6.45) is 4.43. The average molecular weight is 272 g/mol. The number of nitrogens with two attached hydrogens (primary N) is 1. The molecule has 0 saturated heterocycles. The number of hydrogen-bond acceptors (Lipinski definition) is 4. The van der Waals surface area contributed by atoms with Crippen LogP contribution in [0.5, 0.6) is 0 Å². The van der Waals surface area contributed by atoms with Gasteiger partial charge in [0.1, 0.15) is 0 Å². The highest BCUT2D eigenvalue weighted by molar-refractivity contribution is 5.83. The zero-order chi connectivity index (χ0) is 14.3. The molecule has 0 radical (unpaired) electrons. The van der Waals surface area contributed by atoms with E-state index in [9.17, 15) is 9.59 Å². The lowest BCUT2D eigenvalue weighted by atomic mass is 9.79. The van der Waals surface area contributed by atoms with Crippen molar-refractivity contribution in [2.45, 2.75) is 51.0 Å². The number of carboxylic acid groups (broad SMARTS) is 1. The van der Waals surface area contributed by atoms with Gasteiger partial charge in [0, 0.05) is 19.5 Å². The third-order valence-corrected chi connectivity index (χ3v) is 3.92. The Balaban J connectivity index is 2.47. The molecule has 1 atom stereocenters. The van der Waals surface area contributed by atoms with Crippen LogP contribution in [0.15, 0.2) is 0 Å². The molecule has 0 heterocycles. The minimum atomic E-state index is -1.43. The Hall–Kier alpha value is -1.14. The van der Waals surface area contributed by atoms with Gasteiger partial charge in [-0.25, -0.2) is 4.79 Å². The topological polar surface area (TPSA) is 113 Å². The second-order valence-electron chi connectivity index (χ2n) is 5.30. The van der Waals surface area contributed by atoms with Gasteiger partial charge in [-0.1, -0.05) is 25.7 Å². The summed E-state index contributed by atoms with van der Waals surface area (Å²) in [5, 5.41) is 20.4. The molecule has 1 aliphatic rings. The highest BCUT2D eigenvalue weighted by Crippen LogP contribution is 2.34. The number of aliphatic carboxylic acids is 1. The fraction of sp³-hybridized carbons (Fsp3) is 0.846. The van der Waals surface area contributed by atoms with Gasteiger partial charge in [-0.2, -0.15) is 0 Å². The summed E-state index contributed by atoms with van der Waals surface area (Å²) in [6, 6.07) is 0. The van der Waals surface area contributed by atoms with Crippen LogP contribution in [0.25, 0.3) is 0 Å². The first-order valence-electron chi connectivity index (χ1n) is 6.91. The number of aliphatic hydroxyl groups excluding tert-OH is 1. The average Bonchev–Trinajstić information content (AvgIpc) is 2.64. The molecule has 1 aliphatic carbocycles. The number of aliphatic hydroxyl groups is 1. The molecule has 1 amide bonds. The quantitative estimate of drug-likeness (QED) is 0.517. The van der Waals surface area contributed by atoms with E-state index in [4.69, 9.17) is 15.9 Å². The van der Waals surface area contributed by atoms with Gasteiger partial charge in [0.15, 0.2) is 6.10 Å². The summed E-state index contributed by atoms with van der Waals surface area (Å²) in [7, 11) is 0. The number of rotatable bonds is 6. The maximum Gasteiger partial charge on any atom is 0.332 e. The summed E-state index contributed by atoms with van der Waals surface area (Å²) in [4.78, 5) is 22.7. The third-order valence-electron chi connectivity index (χ3n) is 3.92. The van der Waals surface area contributed by atoms with Crippen molar-refractivity contribution in [2.24, 2.45) is 11.1 Å². The van der Waals surface area contributed by atoms with Crippen LogP contribution in [0.4, 0.5) is 0 Å². The van der Waals surface area contributed by atoms with E-state index >= 15 is 0 Å². The number of amides is 1. The number of hydrogen-bond donors (Lipinski definition) is 4. The van der Waals surface area contributed by atoms with Crippen LogP contribution >= 0.6 is 0 Å². The zero-order valence-electron chi connectivity index (χ0n) is 11.2. The van der Waals surface area contributed by atoms with Gasteiger partial charge in [0.25, 0.3) is 0 Å². The number of carbonyl (C=O) groups is 2. The summed E-state index contributed by atoms with van der Waals surface area (Å²) >= 11 is 0. The smallest absolute Gasteiger partial charge is 0.332 e. The number of carboxylic acids is 1. The van der Waals surface area contributed by atoms with Crippen molar-refractivity contribution in [3.63, 3.8) is 0 Å². The number of carbonyl (C=O) groups excluding carboxylic acids is 1. The first kappa shape index (κ1) is 15.9. The van der Waals surface area contributed by atoms with Crippen LogP contribution in [-0.2, 0) is 9.59 Å². The standard InChI is InChI=1S/C13H24N2O4/c14-9-13(6-3-1-2-4-7-13)12(19)15-8-5-10(16)11(17)18/h10,16H,1-9,14H2,(H,15,19)(H,17,18). The van der Waals surface area contributed by atoms with Crippen molar-refractivity contribution in [3.05, 3.63) is 0 Å². The van der Waals surface area contributed by atoms with E-state index in [2.05, 4.69) is 5.32 Å². The van der Waals surface area contributed by atoms with E-state index in [0.29, 0.717) is 6.54 Å². The lowest BCUT2D eigenvalue weighted by Gasteiger charge is -2.29. The molecule has 1 unspecified atom stereocenters. The Bertz CT molecular complexity index is 312. The van der Waals surface area contributed by atoms with Crippen molar-refractivity contribution in [3.8, 4) is 0 Å². The maximum atomic E-state index is 12.2. The molecule has 6 heteroatoms. The van der Waals surface area contributed by atoms with Crippen LogP contribution in [-0.4, -0.2) is 41.3 Å². The monoisotopic (exact) mass is 272 g/mol. The van der Waals surface area contributed by atoms with Crippen molar-refractivity contribution in [2.75, 3.05) is 13.1 Å². The minimum absolute atomic E-state index is 0.0156. The Morgan fingerprint density at radius 3 is 2.26 bits per heavy atom. The largest absolute Gasteiger partial charge is 0.479 e. The first-order chi connectivity index (χ1) is 9.02. The molecule has 5 N–H and O–H groups in total. The van der Waals surface area contributed by atoms with Crippen LogP contribution < -0.4 is 11.1 Å². The molecule has 0 aromatic carbocycles. The molecule has 0 aromatic heterocycles. The Morgan fingerprint density at radius 1 is 1.21 bits per heavy atom. The van der Waals surface area contributed by atoms with Crippen LogP contribution in [0, 0.1) is 5.41 Å². The fourth-order valence-electron chi connectivity index (χ4n) is 2.56. The lowest BCUT2D eigenvalue weighted by molar-refractivity contribution is -0.147. The second-order valence-corrected chi connectivity index (χ2v) is 5.30. The molecule has 1 fully saturated rings. The van der Waals surface area contributed by atoms with Crippen LogP contribution in [0.2, 0.25) is 0 Å². The molecule has 110 valence electrons. The Morgan fingerprint density at radius 2 is 1.79 bits per heavy atom. The summed E-state index contributed by atoms with van der Waals surface area (Å²) < 4.78 is 0. The molecule has 6 nitrogen and oxygen atoms in total. The van der Waals surface area contributed by atoms with Gasteiger partial charge in [-0.15, -0.1) is 0 Å². The van der Waals surface area contributed by atoms with E-state index in [1.54, 1.807) is 0 Å². The number of nitrogens with one attached hydrogen (secondary N) is 1. The second kappa shape index (κ2) is 7.45. The highest BCUT2D eigenvalue weighted by Gasteiger charge is 2.36. The van der Waals surface area contributed by atoms with Gasteiger partial charge in [-0.05, 0) is 12.8 Å². The minimum Gasteiger partial charge on any atom is -0.479 e. The molecule has 19 heavy (non-hydrogen) atoms. The van der Waals surface area contributed by atoms with Crippen molar-refractivity contribution >= 4 is 11.9 Å². The van der Waals surface area contributed by atoms with Gasteiger partial charge in [0.05, 0.1) is 5.41 Å². The van der Waals surface area contributed by atoms with Crippen molar-refractivity contribution in [1.29, 1.82) is 0 Å². The van der Waals surface area contributed by atoms with Crippen molar-refractivity contribution in [1.82, 2.24) is 5.32 Å². The third kappa shape index (κ3) is 4.47. The van der Waals surface area contributed by atoms with Gasteiger partial charge >= 0.3 is 5.97 Å². The maximum absolute atomic E-state index is 12.2.